The minimum absolute atomic E-state index is 0.191. The largest absolute Gasteiger partial charge is 0.497 e. The van der Waals surface area contributed by atoms with Gasteiger partial charge < -0.3 is 15.0 Å². The number of ether oxygens (including phenoxy) is 1. The number of unbranched alkanes of at least 4 members (excludes halogenated alkanes) is 1. The first kappa shape index (κ1) is 27.1. The van der Waals surface area contributed by atoms with E-state index in [0.717, 1.165) is 23.4 Å². The van der Waals surface area contributed by atoms with Crippen LogP contribution in [0.1, 0.15) is 32.3 Å². The van der Waals surface area contributed by atoms with Crippen LogP contribution >= 0.6 is 0 Å². The van der Waals surface area contributed by atoms with Gasteiger partial charge in [-0.3, -0.25) is 13.9 Å². The predicted molar refractivity (Wildman–Crippen MR) is 130 cm³/mol. The van der Waals surface area contributed by atoms with Crippen LogP contribution in [0.3, 0.4) is 0 Å². The van der Waals surface area contributed by atoms with Crippen LogP contribution in [0.25, 0.3) is 0 Å². The summed E-state index contributed by atoms with van der Waals surface area (Å²) in [5.74, 6) is -1.14. The molecule has 2 aromatic carbocycles. The lowest BCUT2D eigenvalue weighted by atomic mass is 10.1. The summed E-state index contributed by atoms with van der Waals surface area (Å²) in [6.45, 7) is 3.22. The van der Waals surface area contributed by atoms with Crippen LogP contribution in [0.2, 0.25) is 0 Å². The molecule has 8 nitrogen and oxygen atoms in total. The van der Waals surface area contributed by atoms with Gasteiger partial charge in [-0.05, 0) is 31.5 Å². The maximum Gasteiger partial charge on any atom is 0.244 e. The molecule has 0 saturated carbocycles. The van der Waals surface area contributed by atoms with E-state index in [0.29, 0.717) is 12.3 Å². The lowest BCUT2D eigenvalue weighted by Crippen LogP contribution is -2.51. The van der Waals surface area contributed by atoms with Crippen molar-refractivity contribution < 1.29 is 27.1 Å². The summed E-state index contributed by atoms with van der Waals surface area (Å²) < 4.78 is 45.6. The fourth-order valence-electron chi connectivity index (χ4n) is 3.31. The summed E-state index contributed by atoms with van der Waals surface area (Å²) in [5, 5.41) is 2.77. The summed E-state index contributed by atoms with van der Waals surface area (Å²) in [4.78, 5) is 27.3. The SMILES string of the molecule is CCCCNC(=O)C(C)N(Cc1ccccc1F)C(=O)CN(c1cccc(OC)c1)S(C)(=O)=O. The number of hydrogen-bond acceptors (Lipinski definition) is 5. The van der Waals surface area contributed by atoms with Crippen LogP contribution in [0.4, 0.5) is 10.1 Å². The molecule has 0 fully saturated rings. The van der Waals surface area contributed by atoms with Crippen molar-refractivity contribution in [2.24, 2.45) is 0 Å². The molecule has 0 aliphatic heterocycles. The van der Waals surface area contributed by atoms with Gasteiger partial charge in [-0.2, -0.15) is 0 Å². The fourth-order valence-corrected chi connectivity index (χ4v) is 4.15. The molecule has 0 aliphatic carbocycles. The Labute approximate surface area is 200 Å². The number of anilines is 1. The molecule has 1 atom stereocenters. The lowest BCUT2D eigenvalue weighted by Gasteiger charge is -2.31. The topological polar surface area (TPSA) is 96.0 Å². The summed E-state index contributed by atoms with van der Waals surface area (Å²) in [5.41, 5.74) is 0.456. The van der Waals surface area contributed by atoms with Gasteiger partial charge in [0.15, 0.2) is 0 Å². The van der Waals surface area contributed by atoms with E-state index in [4.69, 9.17) is 4.74 Å². The Morgan fingerprint density at radius 2 is 1.85 bits per heavy atom. The van der Waals surface area contributed by atoms with Gasteiger partial charge in [0.05, 0.1) is 19.1 Å². The molecule has 0 aromatic heterocycles. The fraction of sp³-hybridized carbons (Fsp3) is 0.417. The number of benzene rings is 2. The molecule has 0 bridgehead atoms. The highest BCUT2D eigenvalue weighted by Crippen LogP contribution is 2.24. The number of carbonyl (C=O) groups is 2. The third-order valence-corrected chi connectivity index (χ3v) is 6.46. The highest BCUT2D eigenvalue weighted by atomic mass is 32.2. The Balaban J connectivity index is 2.37. The maximum atomic E-state index is 14.4. The first-order chi connectivity index (χ1) is 16.1. The van der Waals surface area contributed by atoms with E-state index >= 15 is 0 Å². The van der Waals surface area contributed by atoms with Crippen LogP contribution in [0.5, 0.6) is 5.75 Å². The van der Waals surface area contributed by atoms with Crippen molar-refractivity contribution in [3.8, 4) is 5.75 Å². The molecular formula is C24H32FN3O5S. The Kier molecular flexibility index (Phi) is 9.85. The summed E-state index contributed by atoms with van der Waals surface area (Å²) in [6, 6.07) is 11.3. The third kappa shape index (κ3) is 7.44. The number of halogens is 1. The van der Waals surface area contributed by atoms with Crippen LogP contribution in [-0.2, 0) is 26.2 Å². The van der Waals surface area contributed by atoms with Crippen LogP contribution in [-0.4, -0.2) is 57.6 Å². The van der Waals surface area contributed by atoms with E-state index in [-0.39, 0.29) is 17.8 Å². The zero-order valence-corrected chi connectivity index (χ0v) is 20.8. The van der Waals surface area contributed by atoms with E-state index < -0.39 is 40.2 Å². The predicted octanol–water partition coefficient (Wildman–Crippen LogP) is 2.93. The number of carbonyl (C=O) groups excluding carboxylic acids is 2. The first-order valence-corrected chi connectivity index (χ1v) is 12.9. The quantitative estimate of drug-likeness (QED) is 0.459. The molecule has 1 unspecified atom stereocenters. The minimum Gasteiger partial charge on any atom is -0.497 e. The van der Waals surface area contributed by atoms with E-state index in [1.165, 1.54) is 43.2 Å². The Bertz CT molecular complexity index is 1090. The van der Waals surface area contributed by atoms with Crippen molar-refractivity contribution in [1.29, 1.82) is 0 Å². The van der Waals surface area contributed by atoms with Crippen LogP contribution in [0, 0.1) is 5.82 Å². The van der Waals surface area contributed by atoms with Gasteiger partial charge in [0.1, 0.15) is 24.2 Å². The molecule has 0 saturated heterocycles. The molecule has 186 valence electrons. The molecule has 10 heteroatoms. The molecule has 0 radical (unpaired) electrons. The second-order valence-corrected chi connectivity index (χ2v) is 9.81. The van der Waals surface area contributed by atoms with E-state index in [1.807, 2.05) is 6.92 Å². The zero-order chi connectivity index (χ0) is 25.3. The first-order valence-electron chi connectivity index (χ1n) is 11.0. The highest BCUT2D eigenvalue weighted by molar-refractivity contribution is 7.92. The Morgan fingerprint density at radius 1 is 1.15 bits per heavy atom. The average Bonchev–Trinajstić information content (AvgIpc) is 2.80. The number of hydrogen-bond donors (Lipinski definition) is 1. The maximum absolute atomic E-state index is 14.4. The van der Waals surface area contributed by atoms with Crippen LogP contribution < -0.4 is 14.4 Å². The second-order valence-electron chi connectivity index (χ2n) is 7.90. The molecule has 34 heavy (non-hydrogen) atoms. The van der Waals surface area contributed by atoms with E-state index in [1.54, 1.807) is 24.3 Å². The number of methoxy groups -OCH3 is 1. The molecule has 0 heterocycles. The van der Waals surface area contributed by atoms with Crippen molar-refractivity contribution in [3.63, 3.8) is 0 Å². The van der Waals surface area contributed by atoms with Gasteiger partial charge in [-0.15, -0.1) is 0 Å². The molecular weight excluding hydrogens is 461 g/mol. The van der Waals surface area contributed by atoms with Crippen molar-refractivity contribution in [2.45, 2.75) is 39.3 Å². The highest BCUT2D eigenvalue weighted by Gasteiger charge is 2.30. The molecule has 1 N–H and O–H groups in total. The van der Waals surface area contributed by atoms with Crippen molar-refractivity contribution in [3.05, 3.63) is 59.9 Å². The van der Waals surface area contributed by atoms with Crippen molar-refractivity contribution in [1.82, 2.24) is 10.2 Å². The number of nitrogens with one attached hydrogen (secondary N) is 1. The summed E-state index contributed by atoms with van der Waals surface area (Å²) in [6.07, 6.45) is 2.65. The normalized spacial score (nSPS) is 12.0. The standard InChI is InChI=1S/C24H32FN3O5S/c1-5-6-14-26-24(30)18(2)27(16-19-10-7-8-13-22(19)25)23(29)17-28(34(4,31)32)20-11-9-12-21(15-20)33-3/h7-13,15,18H,5-6,14,16-17H2,1-4H3,(H,26,30). The second kappa shape index (κ2) is 12.4. The minimum atomic E-state index is -3.86. The molecule has 0 aliphatic rings. The number of amides is 2. The van der Waals surface area contributed by atoms with Crippen LogP contribution in [0.15, 0.2) is 48.5 Å². The number of rotatable bonds is 12. The average molecular weight is 494 g/mol. The smallest absolute Gasteiger partial charge is 0.244 e. The molecule has 2 amide bonds. The van der Waals surface area contributed by atoms with Gasteiger partial charge in [0.2, 0.25) is 21.8 Å². The number of sulfonamides is 1. The van der Waals surface area contributed by atoms with Gasteiger partial charge >= 0.3 is 0 Å². The molecule has 2 aromatic rings. The summed E-state index contributed by atoms with van der Waals surface area (Å²) >= 11 is 0. The summed E-state index contributed by atoms with van der Waals surface area (Å²) in [7, 11) is -2.41. The molecule has 0 spiro atoms. The van der Waals surface area contributed by atoms with Crippen molar-refractivity contribution >= 4 is 27.5 Å². The van der Waals surface area contributed by atoms with E-state index in [2.05, 4.69) is 5.32 Å². The number of nitrogens with zero attached hydrogens (tertiary/aromatic N) is 2. The third-order valence-electron chi connectivity index (χ3n) is 5.32. The lowest BCUT2D eigenvalue weighted by molar-refractivity contribution is -0.139. The van der Waals surface area contributed by atoms with Gasteiger partial charge in [0, 0.05) is 24.7 Å². The van der Waals surface area contributed by atoms with Gasteiger partial charge in [0.25, 0.3) is 0 Å². The van der Waals surface area contributed by atoms with Gasteiger partial charge in [-0.1, -0.05) is 37.6 Å². The zero-order valence-electron chi connectivity index (χ0n) is 20.0. The van der Waals surface area contributed by atoms with E-state index in [9.17, 15) is 22.4 Å². The monoisotopic (exact) mass is 493 g/mol. The van der Waals surface area contributed by atoms with Crippen molar-refractivity contribution in [2.75, 3.05) is 30.8 Å². The molecule has 2 rings (SSSR count). The Hall–Kier alpha value is -3.14. The van der Waals surface area contributed by atoms with Gasteiger partial charge in [-0.25, -0.2) is 12.8 Å². The Morgan fingerprint density at radius 3 is 2.47 bits per heavy atom.